The van der Waals surface area contributed by atoms with Gasteiger partial charge in [-0.25, -0.2) is 4.79 Å². The van der Waals surface area contributed by atoms with Crippen LogP contribution in [0.1, 0.15) is 6.92 Å². The summed E-state index contributed by atoms with van der Waals surface area (Å²) >= 11 is 5.16. The highest BCUT2D eigenvalue weighted by Crippen LogP contribution is 1.92. The zero-order chi connectivity index (χ0) is 7.28. The molecule has 2 N–H and O–H groups in total. The summed E-state index contributed by atoms with van der Waals surface area (Å²) < 4.78 is 4.40. The summed E-state index contributed by atoms with van der Waals surface area (Å²) in [5, 5.41) is 8.05. The SMILES string of the molecule is CCOC(=O)C(Cl)NO. The molecule has 0 aliphatic heterocycles. The second kappa shape index (κ2) is 4.55. The predicted octanol–water partition coefficient (Wildman–Crippen LogP) is 0.0932. The Balaban J connectivity index is 3.46. The summed E-state index contributed by atoms with van der Waals surface area (Å²) in [6.07, 6.45) is 0. The molecule has 0 spiro atoms. The molecule has 0 rings (SSSR count). The van der Waals surface area contributed by atoms with E-state index in [-0.39, 0.29) is 6.61 Å². The average Bonchev–Trinajstić information content (AvgIpc) is 1.87. The zero-order valence-corrected chi connectivity index (χ0v) is 5.68. The number of hydrogen-bond acceptors (Lipinski definition) is 4. The number of esters is 1. The van der Waals surface area contributed by atoms with Crippen LogP contribution in [0.15, 0.2) is 0 Å². The van der Waals surface area contributed by atoms with Gasteiger partial charge in [0.05, 0.1) is 6.61 Å². The molecule has 0 saturated carbocycles. The van der Waals surface area contributed by atoms with Crippen molar-refractivity contribution in [2.45, 2.75) is 12.4 Å². The molecule has 1 unspecified atom stereocenters. The van der Waals surface area contributed by atoms with Crippen molar-refractivity contribution in [2.75, 3.05) is 6.61 Å². The molecule has 0 bridgehead atoms. The summed E-state index contributed by atoms with van der Waals surface area (Å²) in [5.41, 5.74) is 0.378. The molecule has 5 heteroatoms. The van der Waals surface area contributed by atoms with Crippen LogP contribution in [-0.2, 0) is 9.53 Å². The van der Waals surface area contributed by atoms with Gasteiger partial charge in [0.25, 0.3) is 0 Å². The number of halogens is 1. The van der Waals surface area contributed by atoms with E-state index in [0.717, 1.165) is 0 Å². The summed E-state index contributed by atoms with van der Waals surface area (Å²) in [6.45, 7) is 1.91. The highest BCUT2D eigenvalue weighted by atomic mass is 35.5. The van der Waals surface area contributed by atoms with Gasteiger partial charge < -0.3 is 9.94 Å². The first-order valence-corrected chi connectivity index (χ1v) is 2.86. The van der Waals surface area contributed by atoms with E-state index in [9.17, 15) is 4.79 Å². The van der Waals surface area contributed by atoms with Crippen LogP contribution >= 0.6 is 11.6 Å². The maximum atomic E-state index is 10.4. The molecule has 0 heterocycles. The Labute approximate surface area is 57.7 Å². The maximum Gasteiger partial charge on any atom is 0.340 e. The van der Waals surface area contributed by atoms with Crippen molar-refractivity contribution in [1.29, 1.82) is 0 Å². The first-order chi connectivity index (χ1) is 4.22. The number of ether oxygens (including phenoxy) is 1. The van der Waals surface area contributed by atoms with Crippen molar-refractivity contribution < 1.29 is 14.7 Å². The molecule has 0 aliphatic rings. The minimum absolute atomic E-state index is 0.254. The minimum atomic E-state index is -1.16. The topological polar surface area (TPSA) is 58.6 Å². The van der Waals surface area contributed by atoms with E-state index in [0.29, 0.717) is 0 Å². The fourth-order valence-corrected chi connectivity index (χ4v) is 0.331. The van der Waals surface area contributed by atoms with Crippen LogP contribution < -0.4 is 5.48 Å². The molecule has 0 saturated heterocycles. The van der Waals surface area contributed by atoms with E-state index in [1.54, 1.807) is 12.4 Å². The van der Waals surface area contributed by atoms with Crippen LogP contribution in [0.2, 0.25) is 0 Å². The fourth-order valence-electron chi connectivity index (χ4n) is 0.268. The minimum Gasteiger partial charge on any atom is -0.464 e. The van der Waals surface area contributed by atoms with Crippen molar-refractivity contribution in [2.24, 2.45) is 0 Å². The van der Waals surface area contributed by atoms with Gasteiger partial charge in [0, 0.05) is 0 Å². The van der Waals surface area contributed by atoms with E-state index in [4.69, 9.17) is 16.8 Å². The third kappa shape index (κ3) is 3.29. The second-order valence-corrected chi connectivity index (χ2v) is 1.68. The van der Waals surface area contributed by atoms with Gasteiger partial charge in [0.15, 0.2) is 0 Å². The Bertz CT molecular complexity index is 97.8. The number of nitrogens with one attached hydrogen (secondary N) is 1. The molecule has 9 heavy (non-hydrogen) atoms. The first-order valence-electron chi connectivity index (χ1n) is 2.42. The van der Waals surface area contributed by atoms with Crippen molar-refractivity contribution >= 4 is 17.6 Å². The fraction of sp³-hybridized carbons (Fsp3) is 0.750. The van der Waals surface area contributed by atoms with Crippen molar-refractivity contribution in [3.63, 3.8) is 0 Å². The zero-order valence-electron chi connectivity index (χ0n) is 4.93. The Morgan fingerprint density at radius 2 is 2.56 bits per heavy atom. The molecule has 1 atom stereocenters. The summed E-state index contributed by atoms with van der Waals surface area (Å²) in [4.78, 5) is 10.4. The lowest BCUT2D eigenvalue weighted by Crippen LogP contribution is -2.30. The lowest BCUT2D eigenvalue weighted by atomic mass is 10.7. The third-order valence-electron chi connectivity index (χ3n) is 0.607. The summed E-state index contributed by atoms with van der Waals surface area (Å²) in [5.74, 6) is -0.679. The van der Waals surface area contributed by atoms with E-state index in [1.165, 1.54) is 0 Å². The normalized spacial score (nSPS) is 12.8. The molecule has 4 nitrogen and oxygen atoms in total. The number of carbonyl (C=O) groups is 1. The molecule has 0 aromatic rings. The molecule has 0 aliphatic carbocycles. The van der Waals surface area contributed by atoms with Crippen molar-refractivity contribution in [3.05, 3.63) is 0 Å². The predicted molar refractivity (Wildman–Crippen MR) is 31.2 cm³/mol. The lowest BCUT2D eigenvalue weighted by Gasteiger charge is -2.04. The quantitative estimate of drug-likeness (QED) is 0.261. The number of rotatable bonds is 3. The van der Waals surface area contributed by atoms with Gasteiger partial charge in [-0.15, -0.1) is 0 Å². The smallest absolute Gasteiger partial charge is 0.340 e. The van der Waals surface area contributed by atoms with Crippen molar-refractivity contribution in [3.8, 4) is 0 Å². The van der Waals surface area contributed by atoms with Gasteiger partial charge >= 0.3 is 5.97 Å². The van der Waals surface area contributed by atoms with Crippen molar-refractivity contribution in [1.82, 2.24) is 5.48 Å². The Hall–Kier alpha value is -0.320. The van der Waals surface area contributed by atoms with Gasteiger partial charge in [0.1, 0.15) is 0 Å². The van der Waals surface area contributed by atoms with E-state index in [1.807, 2.05) is 0 Å². The maximum absolute atomic E-state index is 10.4. The van der Waals surface area contributed by atoms with Gasteiger partial charge in [-0.1, -0.05) is 11.6 Å². The van der Waals surface area contributed by atoms with Gasteiger partial charge in [-0.3, -0.25) is 0 Å². The number of hydrogen-bond donors (Lipinski definition) is 2. The van der Waals surface area contributed by atoms with Crippen LogP contribution in [0.4, 0.5) is 0 Å². The number of carbonyl (C=O) groups excluding carboxylic acids is 1. The number of hydroxylamine groups is 1. The first kappa shape index (κ1) is 8.68. The van der Waals surface area contributed by atoms with Crippen LogP contribution in [0, 0.1) is 0 Å². The Morgan fingerprint density at radius 3 is 2.89 bits per heavy atom. The van der Waals surface area contributed by atoms with Gasteiger partial charge in [-0.2, -0.15) is 5.48 Å². The van der Waals surface area contributed by atoms with Crippen LogP contribution in [-0.4, -0.2) is 23.3 Å². The molecule has 0 fully saturated rings. The largest absolute Gasteiger partial charge is 0.464 e. The summed E-state index contributed by atoms with van der Waals surface area (Å²) in [6, 6.07) is 0. The molecule has 54 valence electrons. The van der Waals surface area contributed by atoms with Crippen LogP contribution in [0.5, 0.6) is 0 Å². The molecular weight excluding hydrogens is 146 g/mol. The molecule has 0 radical (unpaired) electrons. The van der Waals surface area contributed by atoms with Gasteiger partial charge in [0.2, 0.25) is 5.50 Å². The van der Waals surface area contributed by atoms with E-state index < -0.39 is 11.5 Å². The summed E-state index contributed by atoms with van der Waals surface area (Å²) in [7, 11) is 0. The monoisotopic (exact) mass is 153 g/mol. The van der Waals surface area contributed by atoms with Crippen LogP contribution in [0.25, 0.3) is 0 Å². The average molecular weight is 154 g/mol. The Morgan fingerprint density at radius 1 is 2.00 bits per heavy atom. The highest BCUT2D eigenvalue weighted by Gasteiger charge is 2.13. The molecule has 0 aromatic carbocycles. The van der Waals surface area contributed by atoms with Gasteiger partial charge in [-0.05, 0) is 6.92 Å². The molecular formula is C4H8ClNO3. The molecule has 0 aromatic heterocycles. The Kier molecular flexibility index (Phi) is 4.39. The molecule has 0 amide bonds. The highest BCUT2D eigenvalue weighted by molar-refractivity contribution is 6.29. The second-order valence-electron chi connectivity index (χ2n) is 1.24. The third-order valence-corrected chi connectivity index (χ3v) is 0.883. The van der Waals surface area contributed by atoms with E-state index in [2.05, 4.69) is 4.74 Å². The van der Waals surface area contributed by atoms with Crippen LogP contribution in [0.3, 0.4) is 0 Å². The lowest BCUT2D eigenvalue weighted by molar-refractivity contribution is -0.145. The van der Waals surface area contributed by atoms with E-state index >= 15 is 0 Å². The standard InChI is InChI=1S/C4H8ClNO3/c1-2-9-4(7)3(5)6-8/h3,6,8H,2H2,1H3. The number of alkyl halides is 1.